The summed E-state index contributed by atoms with van der Waals surface area (Å²) in [7, 11) is 0. The Morgan fingerprint density at radius 3 is 2.31 bits per heavy atom. The molecule has 1 aromatic heterocycles. The Morgan fingerprint density at radius 1 is 1.03 bits per heavy atom. The van der Waals surface area contributed by atoms with E-state index in [2.05, 4.69) is 10.3 Å². The molecule has 0 radical (unpaired) electrons. The van der Waals surface area contributed by atoms with Crippen LogP contribution in [0.5, 0.6) is 17.4 Å². The van der Waals surface area contributed by atoms with Crippen LogP contribution in [0.1, 0.15) is 57.5 Å². The van der Waals surface area contributed by atoms with Crippen LogP contribution in [0.2, 0.25) is 0 Å². The van der Waals surface area contributed by atoms with E-state index in [4.69, 9.17) is 25.4 Å². The number of anilines is 1. The van der Waals surface area contributed by atoms with E-state index < -0.39 is 11.9 Å². The minimum absolute atomic E-state index is 0.0285. The summed E-state index contributed by atoms with van der Waals surface area (Å²) in [5, 5.41) is 11.0. The van der Waals surface area contributed by atoms with Gasteiger partial charge >= 0.3 is 0 Å². The lowest BCUT2D eigenvalue weighted by atomic mass is 10.0. The highest BCUT2D eigenvalue weighted by Gasteiger charge is 2.25. The Bertz CT molecular complexity index is 1150. The van der Waals surface area contributed by atoms with Gasteiger partial charge in [-0.15, -0.1) is 0 Å². The van der Waals surface area contributed by atoms with E-state index in [1.165, 1.54) is 0 Å². The van der Waals surface area contributed by atoms with Crippen LogP contribution >= 0.6 is 0 Å². The molecule has 0 spiro atoms. The molecule has 3 aromatic rings. The molecule has 1 unspecified atom stereocenters. The van der Waals surface area contributed by atoms with Gasteiger partial charge in [0.1, 0.15) is 11.6 Å². The summed E-state index contributed by atoms with van der Waals surface area (Å²) in [5.74, 6) is 0.509. The first kappa shape index (κ1) is 25.8. The third kappa shape index (κ3) is 6.85. The number of hydrogen-bond acceptors (Lipinski definition) is 6. The third-order valence-electron chi connectivity index (χ3n) is 4.93. The smallest absolute Gasteiger partial charge is 0.213 e. The summed E-state index contributed by atoms with van der Waals surface area (Å²) in [4.78, 5) is 4.65. The summed E-state index contributed by atoms with van der Waals surface area (Å²) in [6, 6.07) is 15.0. The predicted molar refractivity (Wildman–Crippen MR) is 136 cm³/mol. The van der Waals surface area contributed by atoms with Crippen molar-refractivity contribution < 1.29 is 18.6 Å². The minimum Gasteiger partial charge on any atom is -0.494 e. The van der Waals surface area contributed by atoms with Crippen molar-refractivity contribution >= 4 is 11.5 Å². The number of aromatic nitrogens is 1. The second-order valence-electron chi connectivity index (χ2n) is 8.56. The number of benzene rings is 2. The van der Waals surface area contributed by atoms with Crippen LogP contribution in [-0.2, 0) is 0 Å². The molecule has 0 aliphatic rings. The Labute approximate surface area is 205 Å². The number of nitrogens with two attached hydrogens (primary N) is 1. The average molecular weight is 481 g/mol. The standard InChI is InChI=1S/C27H33FN4O3/c1-6-33-20-14-21(25(28)23(15-20)34-16(2)3)26(22-8-7-9-24(32-22)35-17(4)5)31-19-12-10-18(11-13-19)27(29)30/h7-17,26,31H,6H2,1-5H3,(H3,29,30). The number of amidine groups is 1. The summed E-state index contributed by atoms with van der Waals surface area (Å²) in [6.45, 7) is 9.81. The van der Waals surface area contributed by atoms with E-state index in [0.29, 0.717) is 40.7 Å². The van der Waals surface area contributed by atoms with Crippen LogP contribution in [0.25, 0.3) is 0 Å². The largest absolute Gasteiger partial charge is 0.494 e. The number of ether oxygens (including phenoxy) is 3. The zero-order valence-electron chi connectivity index (χ0n) is 20.8. The fourth-order valence-corrected chi connectivity index (χ4v) is 3.52. The van der Waals surface area contributed by atoms with Gasteiger partial charge in [0.15, 0.2) is 11.6 Å². The van der Waals surface area contributed by atoms with E-state index in [1.807, 2.05) is 46.8 Å². The van der Waals surface area contributed by atoms with Gasteiger partial charge in [-0.25, -0.2) is 9.37 Å². The van der Waals surface area contributed by atoms with Crippen molar-refractivity contribution in [2.24, 2.45) is 5.73 Å². The number of rotatable bonds is 11. The first-order valence-corrected chi connectivity index (χ1v) is 11.6. The van der Waals surface area contributed by atoms with Crippen molar-refractivity contribution in [2.75, 3.05) is 11.9 Å². The molecular formula is C27H33FN4O3. The van der Waals surface area contributed by atoms with Gasteiger partial charge in [-0.3, -0.25) is 5.41 Å². The van der Waals surface area contributed by atoms with Crippen molar-refractivity contribution in [3.63, 3.8) is 0 Å². The van der Waals surface area contributed by atoms with Crippen LogP contribution in [0.4, 0.5) is 10.1 Å². The maximum atomic E-state index is 15.8. The molecule has 8 heteroatoms. The van der Waals surface area contributed by atoms with Crippen molar-refractivity contribution in [2.45, 2.75) is 52.9 Å². The number of nitrogens with one attached hydrogen (secondary N) is 2. The van der Waals surface area contributed by atoms with E-state index in [0.717, 1.165) is 0 Å². The fraction of sp³-hybridized carbons (Fsp3) is 0.333. The van der Waals surface area contributed by atoms with Gasteiger partial charge in [-0.05, 0) is 71.0 Å². The Balaban J connectivity index is 2.14. The maximum Gasteiger partial charge on any atom is 0.213 e. The molecule has 0 aliphatic carbocycles. The molecule has 4 N–H and O–H groups in total. The van der Waals surface area contributed by atoms with Crippen molar-refractivity contribution in [1.82, 2.24) is 4.98 Å². The van der Waals surface area contributed by atoms with Crippen LogP contribution in [-0.4, -0.2) is 29.6 Å². The van der Waals surface area contributed by atoms with Gasteiger partial charge in [0.05, 0.1) is 30.6 Å². The SMILES string of the molecule is CCOc1cc(OC(C)C)c(F)c(C(Nc2ccc(C(=N)N)cc2)c2cccc(OC(C)C)n2)c1. The molecule has 35 heavy (non-hydrogen) atoms. The molecule has 0 saturated carbocycles. The van der Waals surface area contributed by atoms with Gasteiger partial charge in [0.25, 0.3) is 0 Å². The zero-order chi connectivity index (χ0) is 25.5. The van der Waals surface area contributed by atoms with Gasteiger partial charge in [-0.2, -0.15) is 0 Å². The average Bonchev–Trinajstić information content (AvgIpc) is 2.79. The lowest BCUT2D eigenvalue weighted by molar-refractivity contribution is 0.228. The van der Waals surface area contributed by atoms with Crippen LogP contribution in [0.15, 0.2) is 54.6 Å². The Kier molecular flexibility index (Phi) is 8.52. The lowest BCUT2D eigenvalue weighted by Crippen LogP contribution is -2.18. The summed E-state index contributed by atoms with van der Waals surface area (Å²) < 4.78 is 33.1. The summed E-state index contributed by atoms with van der Waals surface area (Å²) in [6.07, 6.45) is -0.284. The van der Waals surface area contributed by atoms with Crippen molar-refractivity contribution in [3.8, 4) is 17.4 Å². The molecule has 2 aromatic carbocycles. The first-order valence-electron chi connectivity index (χ1n) is 11.6. The van der Waals surface area contributed by atoms with Gasteiger partial charge < -0.3 is 25.3 Å². The number of nitrogens with zero attached hydrogens (tertiary/aromatic N) is 1. The van der Waals surface area contributed by atoms with E-state index in [9.17, 15) is 0 Å². The quantitative estimate of drug-likeness (QED) is 0.241. The summed E-state index contributed by atoms with van der Waals surface area (Å²) >= 11 is 0. The van der Waals surface area contributed by atoms with Crippen LogP contribution in [0.3, 0.4) is 0 Å². The first-order chi connectivity index (χ1) is 16.7. The second kappa shape index (κ2) is 11.6. The monoisotopic (exact) mass is 480 g/mol. The molecule has 7 nitrogen and oxygen atoms in total. The van der Waals surface area contributed by atoms with Crippen molar-refractivity contribution in [1.29, 1.82) is 5.41 Å². The Hall–Kier alpha value is -3.81. The second-order valence-corrected chi connectivity index (χ2v) is 8.56. The molecule has 3 rings (SSSR count). The van der Waals surface area contributed by atoms with Gasteiger partial charge in [-0.1, -0.05) is 6.07 Å². The number of halogens is 1. The van der Waals surface area contributed by atoms with Crippen LogP contribution in [0, 0.1) is 11.2 Å². The molecule has 0 aliphatic heterocycles. The van der Waals surface area contributed by atoms with Crippen molar-refractivity contribution in [3.05, 3.63) is 77.2 Å². The third-order valence-corrected chi connectivity index (χ3v) is 4.93. The molecule has 0 bridgehead atoms. The summed E-state index contributed by atoms with van der Waals surface area (Å²) in [5.41, 5.74) is 7.75. The number of nitrogen functional groups attached to an aromatic ring is 1. The molecule has 0 amide bonds. The highest BCUT2D eigenvalue weighted by atomic mass is 19.1. The molecule has 186 valence electrons. The predicted octanol–water partition coefficient (Wildman–Crippen LogP) is 5.68. The number of pyridine rings is 1. The van der Waals surface area contributed by atoms with Gasteiger partial charge in [0, 0.05) is 28.9 Å². The fourth-order valence-electron chi connectivity index (χ4n) is 3.52. The highest BCUT2D eigenvalue weighted by molar-refractivity contribution is 5.95. The molecule has 1 heterocycles. The van der Waals surface area contributed by atoms with E-state index in [1.54, 1.807) is 42.5 Å². The zero-order valence-corrected chi connectivity index (χ0v) is 20.8. The maximum absolute atomic E-state index is 15.8. The molecule has 0 saturated heterocycles. The molecular weight excluding hydrogens is 447 g/mol. The topological polar surface area (TPSA) is 102 Å². The molecule has 1 atom stereocenters. The van der Waals surface area contributed by atoms with E-state index >= 15 is 4.39 Å². The minimum atomic E-state index is -0.691. The van der Waals surface area contributed by atoms with Gasteiger partial charge in [0.2, 0.25) is 5.88 Å². The number of hydrogen-bond donors (Lipinski definition) is 3. The van der Waals surface area contributed by atoms with E-state index in [-0.39, 0.29) is 23.8 Å². The normalized spacial score (nSPS) is 11.9. The Morgan fingerprint density at radius 2 is 1.71 bits per heavy atom. The molecule has 0 fully saturated rings. The highest BCUT2D eigenvalue weighted by Crippen LogP contribution is 2.36. The lowest BCUT2D eigenvalue weighted by Gasteiger charge is -2.24. The van der Waals surface area contributed by atoms with Crippen LogP contribution < -0.4 is 25.3 Å².